The highest BCUT2D eigenvalue weighted by molar-refractivity contribution is 7.91. The Morgan fingerprint density at radius 1 is 1.00 bits per heavy atom. The molecule has 4 heterocycles. The van der Waals surface area contributed by atoms with E-state index in [1.165, 1.54) is 0 Å². The molecule has 0 radical (unpaired) electrons. The highest BCUT2D eigenvalue weighted by Gasteiger charge is 2.63. The first-order valence-corrected chi connectivity index (χ1v) is 22.1. The van der Waals surface area contributed by atoms with Crippen LogP contribution in [-0.4, -0.2) is 70.4 Å². The molecule has 2 aromatic rings. The number of rotatable bonds is 7. The summed E-state index contributed by atoms with van der Waals surface area (Å²) in [5.41, 5.74) is 0.444. The van der Waals surface area contributed by atoms with Gasteiger partial charge in [0.25, 0.3) is 0 Å². The van der Waals surface area contributed by atoms with Crippen LogP contribution in [0.1, 0.15) is 134 Å². The summed E-state index contributed by atoms with van der Waals surface area (Å²) in [7, 11) is -3.93. The van der Waals surface area contributed by atoms with Crippen LogP contribution >= 0.6 is 0 Å². The van der Waals surface area contributed by atoms with E-state index in [0.29, 0.717) is 44.4 Å². The third-order valence-corrected chi connectivity index (χ3v) is 16.1. The summed E-state index contributed by atoms with van der Waals surface area (Å²) in [6, 6.07) is 7.21. The van der Waals surface area contributed by atoms with Crippen molar-refractivity contribution in [2.75, 3.05) is 6.54 Å². The molecular weight excluding hydrogens is 719 g/mol. The van der Waals surface area contributed by atoms with Gasteiger partial charge in [-0.1, -0.05) is 43.2 Å². The number of aryl methyl sites for hydroxylation is 1. The van der Waals surface area contributed by atoms with E-state index in [2.05, 4.69) is 10.8 Å². The number of allylic oxidation sites excluding steroid dienone is 2. The number of carbonyl (C=O) groups is 4. The Labute approximate surface area is 323 Å². The van der Waals surface area contributed by atoms with Crippen LogP contribution in [0, 0.1) is 17.3 Å². The lowest BCUT2D eigenvalue weighted by atomic mass is 9.85. The highest BCUT2D eigenvalue weighted by Crippen LogP contribution is 2.58. The standard InChI is InChI=1S/C43H53N3O8S/c1-40(18-19-40)53-35(48)22-28-10-6-4-3-5-7-11-29-23-43(29,39(50)45-55(51,52)41(2)20-21-41)25-34(47)33-24-42(26-46(33)38(28)49)17-16-31-30-12-8-9-13-32(30)44-36(27-14-15-27)37(31)54-42/h7-9,11-13,27-29,33H,3-6,10,14-26H2,1-2H3,(H,45,50)/b11-7-/t28-,29-,33+,42-,43-/m1/s1. The van der Waals surface area contributed by atoms with E-state index in [4.69, 9.17) is 14.5 Å². The van der Waals surface area contributed by atoms with Crippen LogP contribution in [0.25, 0.3) is 10.9 Å². The summed E-state index contributed by atoms with van der Waals surface area (Å²) < 4.78 is 40.8. The molecule has 4 saturated carbocycles. The number of nitrogens with zero attached hydrogens (tertiary/aromatic N) is 2. The number of aromatic nitrogens is 1. The molecule has 9 rings (SSSR count). The molecule has 0 unspecified atom stereocenters. The van der Waals surface area contributed by atoms with Gasteiger partial charge in [0.15, 0.2) is 5.78 Å². The average molecular weight is 772 g/mol. The number of ether oxygens (including phenoxy) is 2. The van der Waals surface area contributed by atoms with Gasteiger partial charge in [0.05, 0.1) is 40.4 Å². The Balaban J connectivity index is 1.06. The number of sulfonamides is 1. The van der Waals surface area contributed by atoms with Crippen LogP contribution in [0.2, 0.25) is 0 Å². The number of carbonyl (C=O) groups excluding carboxylic acids is 4. The van der Waals surface area contributed by atoms with E-state index < -0.39 is 55.2 Å². The highest BCUT2D eigenvalue weighted by atomic mass is 32.2. The summed E-state index contributed by atoms with van der Waals surface area (Å²) in [6.07, 6.45) is 14.0. The van der Waals surface area contributed by atoms with E-state index in [-0.39, 0.29) is 43.4 Å². The predicted octanol–water partition coefficient (Wildman–Crippen LogP) is 6.36. The molecule has 5 atom stereocenters. The topological polar surface area (TPSA) is 149 Å². The minimum absolute atomic E-state index is 0.0603. The molecule has 1 spiro atoms. The van der Waals surface area contributed by atoms with E-state index in [9.17, 15) is 27.6 Å². The number of para-hydroxylation sites is 1. The van der Waals surface area contributed by atoms with Crippen LogP contribution in [0.3, 0.4) is 0 Å². The van der Waals surface area contributed by atoms with Gasteiger partial charge in [-0.2, -0.15) is 0 Å². The third-order valence-electron chi connectivity index (χ3n) is 13.9. The zero-order chi connectivity index (χ0) is 38.4. The molecule has 294 valence electrons. The third kappa shape index (κ3) is 6.88. The molecule has 2 amide bonds. The second kappa shape index (κ2) is 13.1. The van der Waals surface area contributed by atoms with E-state index in [1.807, 2.05) is 37.3 Å². The number of nitrogens with one attached hydrogen (secondary N) is 1. The minimum Gasteiger partial charge on any atom is -0.483 e. The first-order chi connectivity index (χ1) is 26.2. The number of esters is 1. The fourth-order valence-electron chi connectivity index (χ4n) is 9.41. The van der Waals surface area contributed by atoms with Gasteiger partial charge in [-0.25, -0.2) is 13.4 Å². The Morgan fingerprint density at radius 3 is 2.53 bits per heavy atom. The van der Waals surface area contributed by atoms with Crippen molar-refractivity contribution in [1.82, 2.24) is 14.6 Å². The number of amides is 2. The zero-order valence-corrected chi connectivity index (χ0v) is 32.9. The predicted molar refractivity (Wildman–Crippen MR) is 204 cm³/mol. The van der Waals surface area contributed by atoms with Gasteiger partial charge in [-0.3, -0.25) is 23.9 Å². The maximum atomic E-state index is 14.9. The molecule has 0 bridgehead atoms. The van der Waals surface area contributed by atoms with Gasteiger partial charge in [-0.05, 0) is 103 Å². The van der Waals surface area contributed by atoms with Crippen molar-refractivity contribution in [2.24, 2.45) is 17.3 Å². The van der Waals surface area contributed by atoms with Crippen molar-refractivity contribution in [3.8, 4) is 5.75 Å². The lowest BCUT2D eigenvalue weighted by Gasteiger charge is -2.37. The molecule has 1 N–H and O–H groups in total. The second-order valence-corrected chi connectivity index (χ2v) is 20.6. The summed E-state index contributed by atoms with van der Waals surface area (Å²) in [6.45, 7) is 3.73. The van der Waals surface area contributed by atoms with Crippen molar-refractivity contribution in [3.63, 3.8) is 0 Å². The minimum atomic E-state index is -3.93. The number of benzene rings is 1. The fourth-order valence-corrected chi connectivity index (χ4v) is 10.7. The lowest BCUT2D eigenvalue weighted by Crippen LogP contribution is -2.48. The number of pyridine rings is 1. The number of Topliss-reactive ketones (excluding diaryl/α,β-unsaturated/α-hetero) is 1. The summed E-state index contributed by atoms with van der Waals surface area (Å²) in [5.74, 6) is -1.44. The largest absolute Gasteiger partial charge is 0.483 e. The first kappa shape index (κ1) is 36.8. The van der Waals surface area contributed by atoms with Gasteiger partial charge in [0.2, 0.25) is 21.8 Å². The number of hydrogen-bond donors (Lipinski definition) is 1. The molecule has 5 fully saturated rings. The van der Waals surface area contributed by atoms with E-state index >= 15 is 0 Å². The molecule has 1 aromatic carbocycles. The van der Waals surface area contributed by atoms with Gasteiger partial charge < -0.3 is 14.4 Å². The van der Waals surface area contributed by atoms with Crippen molar-refractivity contribution < 1.29 is 37.1 Å². The molecule has 11 nitrogen and oxygen atoms in total. The Kier molecular flexibility index (Phi) is 8.79. The molecule has 1 aromatic heterocycles. The van der Waals surface area contributed by atoms with Crippen LogP contribution in [0.5, 0.6) is 5.75 Å². The van der Waals surface area contributed by atoms with Crippen molar-refractivity contribution in [2.45, 2.75) is 151 Å². The molecule has 7 aliphatic rings. The van der Waals surface area contributed by atoms with Crippen LogP contribution in [0.4, 0.5) is 0 Å². The van der Waals surface area contributed by atoms with Gasteiger partial charge in [-0.15, -0.1) is 0 Å². The maximum absolute atomic E-state index is 14.9. The molecule has 1 saturated heterocycles. The maximum Gasteiger partial charge on any atom is 0.307 e. The fraction of sp³-hybridized carbons (Fsp3) is 0.651. The van der Waals surface area contributed by atoms with Gasteiger partial charge in [0, 0.05) is 35.6 Å². The molecule has 4 aliphatic carbocycles. The van der Waals surface area contributed by atoms with Crippen LogP contribution < -0.4 is 9.46 Å². The molecule has 55 heavy (non-hydrogen) atoms. The number of hydrogen-bond acceptors (Lipinski definition) is 9. The summed E-state index contributed by atoms with van der Waals surface area (Å²) >= 11 is 0. The Bertz CT molecular complexity index is 2100. The van der Waals surface area contributed by atoms with Crippen molar-refractivity contribution in [3.05, 3.63) is 47.7 Å². The quantitative estimate of drug-likeness (QED) is 0.251. The number of ketones is 1. The van der Waals surface area contributed by atoms with Gasteiger partial charge >= 0.3 is 5.97 Å². The monoisotopic (exact) mass is 771 g/mol. The Morgan fingerprint density at radius 2 is 1.78 bits per heavy atom. The Hall–Kier alpha value is -3.80. The summed E-state index contributed by atoms with van der Waals surface area (Å²) in [4.78, 5) is 63.8. The van der Waals surface area contributed by atoms with Crippen molar-refractivity contribution >= 4 is 44.5 Å². The first-order valence-electron chi connectivity index (χ1n) is 20.6. The number of fused-ring (bicyclic) bond motifs is 5. The molecule has 12 heteroatoms. The second-order valence-electron chi connectivity index (χ2n) is 18.5. The lowest BCUT2D eigenvalue weighted by molar-refractivity contribution is -0.155. The van der Waals surface area contributed by atoms with Gasteiger partial charge in [0.1, 0.15) is 17.0 Å². The average Bonchev–Trinajstić information content (AvgIpc) is 3.97. The van der Waals surface area contributed by atoms with Crippen molar-refractivity contribution in [1.29, 1.82) is 0 Å². The smallest absolute Gasteiger partial charge is 0.307 e. The molecular formula is C43H53N3O8S. The van der Waals surface area contributed by atoms with Crippen LogP contribution in [-0.2, 0) is 40.4 Å². The van der Waals surface area contributed by atoms with E-state index in [1.54, 1.807) is 11.8 Å². The molecule has 3 aliphatic heterocycles. The SMILES string of the molecule is CC1(OC(=O)C[C@H]2CCCCC/C=C\[C@@H]3C[C@@]3(C(=O)NS(=O)(=O)C3(C)CC3)CC(=O)[C@@H]3C[C@]4(CCc5c(c(C6CC6)nc6ccccc56)O4)CN3C2=O)CC1. The summed E-state index contributed by atoms with van der Waals surface area (Å²) in [5, 5.41) is 1.05. The zero-order valence-electron chi connectivity index (χ0n) is 32.1. The van der Waals surface area contributed by atoms with E-state index in [0.717, 1.165) is 79.3 Å². The van der Waals surface area contributed by atoms with Crippen LogP contribution in [0.15, 0.2) is 36.4 Å². The normalized spacial score (nSPS) is 32.9.